The number of halogens is 3. The van der Waals surface area contributed by atoms with Gasteiger partial charge in [-0.25, -0.2) is 19.2 Å². The predicted octanol–water partition coefficient (Wildman–Crippen LogP) is 3.72. The van der Waals surface area contributed by atoms with Gasteiger partial charge in [0.05, 0.1) is 24.8 Å². The van der Waals surface area contributed by atoms with Crippen molar-refractivity contribution in [2.24, 2.45) is 0 Å². The summed E-state index contributed by atoms with van der Waals surface area (Å²) < 4.78 is 24.3. The van der Waals surface area contributed by atoms with Gasteiger partial charge in [-0.05, 0) is 12.1 Å². The highest BCUT2D eigenvalue weighted by Gasteiger charge is 2.22. The monoisotopic (exact) mass is 429 g/mol. The molecule has 9 heteroatoms. The summed E-state index contributed by atoms with van der Waals surface area (Å²) in [5, 5.41) is 0.638. The van der Waals surface area contributed by atoms with Crippen LogP contribution in [0.4, 0.5) is 10.2 Å². The lowest BCUT2D eigenvalue weighted by Crippen LogP contribution is -2.12. The minimum absolute atomic E-state index is 0.00544. The topological polar surface area (TPSA) is 87.3 Å². The molecule has 0 bridgehead atoms. The van der Waals surface area contributed by atoms with Crippen molar-refractivity contribution >= 4 is 45.4 Å². The number of esters is 1. The molecule has 0 unspecified atom stereocenters. The fraction of sp³-hybridized carbons (Fsp3) is 0.188. The number of aromatic nitrogens is 2. The summed E-state index contributed by atoms with van der Waals surface area (Å²) in [6, 6.07) is 2.82. The standard InChI is InChI=1S/C16H14BrClFN3O3/c1-24-13-10(18)6-5-8(11(13)19)15-21-12(16(23)25-2)9(4-3-7-17)14(20)22-15/h3-6H,7H2,1-2H3,(H2,20,21,22)/b4-3+. The van der Waals surface area contributed by atoms with E-state index >= 15 is 0 Å². The number of methoxy groups -OCH3 is 2. The van der Waals surface area contributed by atoms with Gasteiger partial charge >= 0.3 is 5.97 Å². The molecule has 2 aromatic rings. The average Bonchev–Trinajstić information content (AvgIpc) is 2.60. The van der Waals surface area contributed by atoms with Crippen molar-refractivity contribution in [1.29, 1.82) is 0 Å². The van der Waals surface area contributed by atoms with E-state index in [1.54, 1.807) is 12.2 Å². The van der Waals surface area contributed by atoms with Crippen LogP contribution in [0.5, 0.6) is 5.75 Å². The van der Waals surface area contributed by atoms with E-state index in [0.29, 0.717) is 5.33 Å². The summed E-state index contributed by atoms with van der Waals surface area (Å²) in [7, 11) is 2.50. The normalized spacial score (nSPS) is 10.9. The minimum Gasteiger partial charge on any atom is -0.492 e. The third kappa shape index (κ3) is 3.91. The first-order chi connectivity index (χ1) is 11.9. The van der Waals surface area contributed by atoms with Crippen LogP contribution in [-0.2, 0) is 4.74 Å². The summed E-state index contributed by atoms with van der Waals surface area (Å²) in [5.41, 5.74) is 6.15. The molecule has 6 nitrogen and oxygen atoms in total. The second-order valence-electron chi connectivity index (χ2n) is 4.69. The number of ether oxygens (including phenoxy) is 2. The Kier molecular flexibility index (Phi) is 6.33. The number of alkyl halides is 1. The van der Waals surface area contributed by atoms with E-state index < -0.39 is 11.8 Å². The minimum atomic E-state index is -0.756. The number of carbonyl (C=O) groups is 1. The lowest BCUT2D eigenvalue weighted by molar-refractivity contribution is 0.0593. The molecule has 25 heavy (non-hydrogen) atoms. The zero-order valence-corrected chi connectivity index (χ0v) is 15.7. The van der Waals surface area contributed by atoms with Crippen LogP contribution in [-0.4, -0.2) is 35.5 Å². The molecule has 2 rings (SSSR count). The maximum absolute atomic E-state index is 14.6. The molecule has 0 aliphatic carbocycles. The Morgan fingerprint density at radius 3 is 2.72 bits per heavy atom. The summed E-state index contributed by atoms with van der Waals surface area (Å²) in [5.74, 6) is -1.69. The van der Waals surface area contributed by atoms with Crippen LogP contribution in [0.1, 0.15) is 16.1 Å². The van der Waals surface area contributed by atoms with Crippen LogP contribution in [0.25, 0.3) is 17.5 Å². The molecule has 0 saturated heterocycles. The Bertz CT molecular complexity index is 846. The smallest absolute Gasteiger partial charge is 0.357 e. The maximum atomic E-state index is 14.6. The van der Waals surface area contributed by atoms with Crippen molar-refractivity contribution < 1.29 is 18.7 Å². The van der Waals surface area contributed by atoms with Gasteiger partial charge in [0.2, 0.25) is 0 Å². The van der Waals surface area contributed by atoms with Gasteiger partial charge in [0.25, 0.3) is 0 Å². The van der Waals surface area contributed by atoms with Gasteiger partial charge in [0, 0.05) is 10.9 Å². The van der Waals surface area contributed by atoms with Crippen molar-refractivity contribution in [3.05, 3.63) is 40.3 Å². The molecule has 0 aliphatic rings. The lowest BCUT2D eigenvalue weighted by atomic mass is 10.1. The highest BCUT2D eigenvalue weighted by atomic mass is 79.9. The Morgan fingerprint density at radius 1 is 1.40 bits per heavy atom. The zero-order valence-electron chi connectivity index (χ0n) is 13.3. The molecular formula is C16H14BrClFN3O3. The number of hydrogen-bond donors (Lipinski definition) is 1. The third-order valence-corrected chi connectivity index (χ3v) is 3.89. The van der Waals surface area contributed by atoms with Gasteiger partial charge in [-0.15, -0.1) is 0 Å². The third-order valence-electron chi connectivity index (χ3n) is 3.22. The first kappa shape index (κ1) is 19.1. The average molecular weight is 431 g/mol. The number of anilines is 1. The number of nitrogens with two attached hydrogens (primary N) is 1. The van der Waals surface area contributed by atoms with E-state index in [1.165, 1.54) is 26.4 Å². The zero-order chi connectivity index (χ0) is 18.6. The van der Waals surface area contributed by atoms with Crippen LogP contribution in [0.3, 0.4) is 0 Å². The summed E-state index contributed by atoms with van der Waals surface area (Å²) in [4.78, 5) is 20.3. The van der Waals surface area contributed by atoms with Crippen molar-refractivity contribution in [2.45, 2.75) is 0 Å². The van der Waals surface area contributed by atoms with Crippen molar-refractivity contribution in [2.75, 3.05) is 25.3 Å². The highest BCUT2D eigenvalue weighted by molar-refractivity contribution is 9.09. The van der Waals surface area contributed by atoms with E-state index in [2.05, 4.69) is 25.9 Å². The SMILES string of the molecule is COC(=O)c1nc(-c2ccc(Cl)c(OC)c2F)nc(N)c1/C=C/CBr. The van der Waals surface area contributed by atoms with E-state index in [9.17, 15) is 9.18 Å². The molecule has 2 N–H and O–H groups in total. The van der Waals surface area contributed by atoms with Gasteiger partial charge in [-0.1, -0.05) is 39.7 Å². The Labute approximate surface area is 156 Å². The Morgan fingerprint density at radius 2 is 2.12 bits per heavy atom. The molecular weight excluding hydrogens is 417 g/mol. The molecule has 0 amide bonds. The fourth-order valence-electron chi connectivity index (χ4n) is 2.08. The van der Waals surface area contributed by atoms with Crippen LogP contribution in [0, 0.1) is 5.82 Å². The largest absolute Gasteiger partial charge is 0.492 e. The van der Waals surface area contributed by atoms with Crippen LogP contribution in [0.15, 0.2) is 18.2 Å². The number of nitrogens with zero attached hydrogens (tertiary/aromatic N) is 2. The van der Waals surface area contributed by atoms with Crippen molar-refractivity contribution in [3.8, 4) is 17.1 Å². The molecule has 0 atom stereocenters. The maximum Gasteiger partial charge on any atom is 0.357 e. The second-order valence-corrected chi connectivity index (χ2v) is 5.74. The van der Waals surface area contributed by atoms with Crippen LogP contribution < -0.4 is 10.5 Å². The molecule has 0 fully saturated rings. The van der Waals surface area contributed by atoms with E-state index in [-0.39, 0.29) is 39.2 Å². The number of carbonyl (C=O) groups excluding carboxylic acids is 1. The molecule has 1 aromatic carbocycles. The first-order valence-corrected chi connectivity index (χ1v) is 8.45. The molecule has 0 radical (unpaired) electrons. The van der Waals surface area contributed by atoms with Gasteiger partial charge in [0.15, 0.2) is 23.1 Å². The lowest BCUT2D eigenvalue weighted by Gasteiger charge is -2.12. The summed E-state index contributed by atoms with van der Waals surface area (Å²) in [6.07, 6.45) is 3.30. The second kappa shape index (κ2) is 8.26. The summed E-state index contributed by atoms with van der Waals surface area (Å²) in [6.45, 7) is 0. The van der Waals surface area contributed by atoms with Crippen LogP contribution in [0.2, 0.25) is 5.02 Å². The molecule has 132 valence electrons. The number of hydrogen-bond acceptors (Lipinski definition) is 6. The first-order valence-electron chi connectivity index (χ1n) is 6.95. The van der Waals surface area contributed by atoms with Crippen molar-refractivity contribution in [3.63, 3.8) is 0 Å². The molecule has 0 saturated carbocycles. The fourth-order valence-corrected chi connectivity index (χ4v) is 2.49. The highest BCUT2D eigenvalue weighted by Crippen LogP contribution is 2.34. The molecule has 1 aromatic heterocycles. The predicted molar refractivity (Wildman–Crippen MR) is 97.6 cm³/mol. The quantitative estimate of drug-likeness (QED) is 0.574. The van der Waals surface area contributed by atoms with Crippen molar-refractivity contribution in [1.82, 2.24) is 9.97 Å². The van der Waals surface area contributed by atoms with E-state index in [0.717, 1.165) is 0 Å². The summed E-state index contributed by atoms with van der Waals surface area (Å²) >= 11 is 9.12. The van der Waals surface area contributed by atoms with Crippen LogP contribution >= 0.6 is 27.5 Å². The Balaban J connectivity index is 2.71. The number of rotatable bonds is 5. The van der Waals surface area contributed by atoms with E-state index in [1.807, 2.05) is 0 Å². The molecule has 1 heterocycles. The number of nitrogen functional groups attached to an aromatic ring is 1. The number of benzene rings is 1. The van der Waals surface area contributed by atoms with E-state index in [4.69, 9.17) is 26.8 Å². The van der Waals surface area contributed by atoms with Gasteiger partial charge in [-0.3, -0.25) is 0 Å². The van der Waals surface area contributed by atoms with Gasteiger partial charge in [0.1, 0.15) is 5.82 Å². The Hall–Kier alpha value is -2.19. The van der Waals surface area contributed by atoms with Gasteiger partial charge in [-0.2, -0.15) is 0 Å². The molecule has 0 spiro atoms. The molecule has 0 aliphatic heterocycles. The van der Waals surface area contributed by atoms with Gasteiger partial charge < -0.3 is 15.2 Å². The number of allylic oxidation sites excluding steroid dienone is 1.